The molecule has 0 saturated heterocycles. The van der Waals surface area contributed by atoms with Crippen LogP contribution in [0.25, 0.3) is 11.5 Å². The molecule has 4 nitrogen and oxygen atoms in total. The topological polar surface area (TPSA) is 52.3 Å². The van der Waals surface area contributed by atoms with Crippen molar-refractivity contribution in [2.75, 3.05) is 0 Å². The van der Waals surface area contributed by atoms with Crippen LogP contribution in [-0.4, -0.2) is 11.0 Å². The third-order valence-electron chi connectivity index (χ3n) is 3.85. The molecule has 24 heavy (non-hydrogen) atoms. The zero-order valence-electron chi connectivity index (χ0n) is 13.8. The summed E-state index contributed by atoms with van der Waals surface area (Å²) in [5, 5.41) is 0. The molecule has 0 aliphatic rings. The Morgan fingerprint density at radius 1 is 1.08 bits per heavy atom. The number of ether oxygens (including phenoxy) is 1. The molecule has 0 saturated carbocycles. The highest BCUT2D eigenvalue weighted by molar-refractivity contribution is 5.89. The molecular formula is C20H19NO3. The predicted octanol–water partition coefficient (Wildman–Crippen LogP) is 4.57. The van der Waals surface area contributed by atoms with E-state index in [1.807, 2.05) is 49.4 Å². The molecule has 1 aromatic heterocycles. The molecule has 122 valence electrons. The van der Waals surface area contributed by atoms with Crippen LogP contribution in [0, 0.1) is 6.92 Å². The van der Waals surface area contributed by atoms with Crippen LogP contribution in [-0.2, 0) is 17.8 Å². The lowest BCUT2D eigenvalue weighted by Gasteiger charge is -2.04. The molecule has 4 heteroatoms. The van der Waals surface area contributed by atoms with Crippen molar-refractivity contribution in [3.63, 3.8) is 0 Å². The normalized spacial score (nSPS) is 10.6. The minimum absolute atomic E-state index is 0.0938. The number of rotatable bonds is 5. The van der Waals surface area contributed by atoms with Crippen LogP contribution >= 0.6 is 0 Å². The van der Waals surface area contributed by atoms with Crippen LogP contribution in [0.5, 0.6) is 0 Å². The van der Waals surface area contributed by atoms with E-state index in [1.165, 1.54) is 5.56 Å². The van der Waals surface area contributed by atoms with Gasteiger partial charge in [0.05, 0.1) is 5.56 Å². The lowest BCUT2D eigenvalue weighted by Crippen LogP contribution is -2.06. The monoisotopic (exact) mass is 321 g/mol. The molecule has 0 aliphatic carbocycles. The van der Waals surface area contributed by atoms with Crippen molar-refractivity contribution in [1.82, 2.24) is 4.98 Å². The van der Waals surface area contributed by atoms with Gasteiger partial charge >= 0.3 is 5.97 Å². The van der Waals surface area contributed by atoms with E-state index in [1.54, 1.807) is 12.1 Å². The Hall–Kier alpha value is -2.88. The molecule has 0 N–H and O–H groups in total. The summed E-state index contributed by atoms with van der Waals surface area (Å²) in [6.07, 6.45) is 0.940. The number of carbonyl (C=O) groups is 1. The molecular weight excluding hydrogens is 302 g/mol. The molecule has 3 rings (SSSR count). The number of hydrogen-bond donors (Lipinski definition) is 0. The smallest absolute Gasteiger partial charge is 0.338 e. The van der Waals surface area contributed by atoms with Gasteiger partial charge in [0.2, 0.25) is 5.89 Å². The summed E-state index contributed by atoms with van der Waals surface area (Å²) in [7, 11) is 0. The lowest BCUT2D eigenvalue weighted by atomic mass is 10.1. The number of aromatic nitrogens is 1. The van der Waals surface area contributed by atoms with Crippen molar-refractivity contribution in [2.45, 2.75) is 26.9 Å². The number of carbonyl (C=O) groups excluding carboxylic acids is 1. The van der Waals surface area contributed by atoms with Crippen LogP contribution < -0.4 is 0 Å². The number of benzene rings is 2. The Labute approximate surface area is 141 Å². The van der Waals surface area contributed by atoms with Gasteiger partial charge in [-0.2, -0.15) is 0 Å². The first-order chi connectivity index (χ1) is 11.7. The zero-order chi connectivity index (χ0) is 16.9. The Balaban J connectivity index is 1.68. The molecule has 1 heterocycles. The van der Waals surface area contributed by atoms with Gasteiger partial charge in [0.25, 0.3) is 0 Å². The number of aryl methyl sites for hydroxylation is 2. The van der Waals surface area contributed by atoms with Crippen molar-refractivity contribution in [1.29, 1.82) is 0 Å². The maximum Gasteiger partial charge on any atom is 0.338 e. The van der Waals surface area contributed by atoms with E-state index in [9.17, 15) is 4.79 Å². The number of hydrogen-bond acceptors (Lipinski definition) is 4. The Kier molecular flexibility index (Phi) is 4.75. The summed E-state index contributed by atoms with van der Waals surface area (Å²) in [5.41, 5.74) is 3.25. The van der Waals surface area contributed by atoms with Gasteiger partial charge < -0.3 is 9.15 Å². The second kappa shape index (κ2) is 7.13. The number of oxazole rings is 1. The van der Waals surface area contributed by atoms with Gasteiger partial charge in [-0.25, -0.2) is 9.78 Å². The average molecular weight is 321 g/mol. The Morgan fingerprint density at radius 3 is 2.46 bits per heavy atom. The summed E-state index contributed by atoms with van der Waals surface area (Å²) in [6.45, 7) is 3.99. The first kappa shape index (κ1) is 16.0. The van der Waals surface area contributed by atoms with Gasteiger partial charge in [0.15, 0.2) is 0 Å². The number of esters is 1. The molecule has 2 aromatic carbocycles. The van der Waals surface area contributed by atoms with Crippen LogP contribution in [0.4, 0.5) is 0 Å². The highest BCUT2D eigenvalue weighted by atomic mass is 16.5. The molecule has 0 spiro atoms. The van der Waals surface area contributed by atoms with E-state index in [-0.39, 0.29) is 12.6 Å². The van der Waals surface area contributed by atoms with Crippen LogP contribution in [0.2, 0.25) is 0 Å². The van der Waals surface area contributed by atoms with E-state index in [2.05, 4.69) is 11.9 Å². The van der Waals surface area contributed by atoms with E-state index in [0.29, 0.717) is 22.9 Å². The third kappa shape index (κ3) is 3.54. The average Bonchev–Trinajstić information content (AvgIpc) is 3.01. The van der Waals surface area contributed by atoms with Crippen LogP contribution in [0.3, 0.4) is 0 Å². The van der Waals surface area contributed by atoms with Crippen molar-refractivity contribution in [3.05, 3.63) is 77.2 Å². The number of nitrogens with zero attached hydrogens (tertiary/aromatic N) is 1. The van der Waals surface area contributed by atoms with Crippen LogP contribution in [0.1, 0.15) is 34.3 Å². The highest BCUT2D eigenvalue weighted by Crippen LogP contribution is 2.22. The standard InChI is InChI=1S/C20H19NO3/c1-3-15-9-11-17(12-10-15)20(22)23-13-18-14(2)24-19(21-18)16-7-5-4-6-8-16/h4-12H,3,13H2,1-2H3. The lowest BCUT2D eigenvalue weighted by molar-refractivity contribution is 0.0467. The SMILES string of the molecule is CCc1ccc(C(=O)OCc2nc(-c3ccccc3)oc2C)cc1. The van der Waals surface area contributed by atoms with E-state index < -0.39 is 0 Å². The molecule has 0 fully saturated rings. The fourth-order valence-corrected chi connectivity index (χ4v) is 2.36. The first-order valence-electron chi connectivity index (χ1n) is 7.95. The fraction of sp³-hybridized carbons (Fsp3) is 0.200. The molecule has 0 bridgehead atoms. The molecule has 0 aliphatic heterocycles. The zero-order valence-corrected chi connectivity index (χ0v) is 13.8. The predicted molar refractivity (Wildman–Crippen MR) is 91.6 cm³/mol. The minimum Gasteiger partial charge on any atom is -0.455 e. The second-order valence-electron chi connectivity index (χ2n) is 5.51. The van der Waals surface area contributed by atoms with Gasteiger partial charge in [-0.05, 0) is 43.2 Å². The van der Waals surface area contributed by atoms with Gasteiger partial charge in [-0.15, -0.1) is 0 Å². The molecule has 0 atom stereocenters. The van der Waals surface area contributed by atoms with E-state index >= 15 is 0 Å². The van der Waals surface area contributed by atoms with Crippen molar-refractivity contribution < 1.29 is 13.9 Å². The largest absolute Gasteiger partial charge is 0.455 e. The minimum atomic E-state index is -0.360. The first-order valence-corrected chi connectivity index (χ1v) is 7.95. The molecule has 3 aromatic rings. The van der Waals surface area contributed by atoms with Gasteiger partial charge in [0, 0.05) is 5.56 Å². The summed E-state index contributed by atoms with van der Waals surface area (Å²) in [5.74, 6) is 0.829. The highest BCUT2D eigenvalue weighted by Gasteiger charge is 2.14. The van der Waals surface area contributed by atoms with E-state index in [0.717, 1.165) is 12.0 Å². The maximum absolute atomic E-state index is 12.1. The van der Waals surface area contributed by atoms with Crippen molar-refractivity contribution in [2.24, 2.45) is 0 Å². The van der Waals surface area contributed by atoms with Crippen LogP contribution in [0.15, 0.2) is 59.0 Å². The van der Waals surface area contributed by atoms with Gasteiger partial charge in [0.1, 0.15) is 18.1 Å². The summed E-state index contributed by atoms with van der Waals surface area (Å²) in [6, 6.07) is 17.1. The van der Waals surface area contributed by atoms with Gasteiger partial charge in [-0.3, -0.25) is 0 Å². The summed E-state index contributed by atoms with van der Waals surface area (Å²) < 4.78 is 11.0. The Morgan fingerprint density at radius 2 is 1.79 bits per heavy atom. The third-order valence-corrected chi connectivity index (χ3v) is 3.85. The van der Waals surface area contributed by atoms with Gasteiger partial charge in [-0.1, -0.05) is 37.3 Å². The second-order valence-corrected chi connectivity index (χ2v) is 5.51. The Bertz CT molecular complexity index is 820. The maximum atomic E-state index is 12.1. The van der Waals surface area contributed by atoms with E-state index in [4.69, 9.17) is 9.15 Å². The molecule has 0 radical (unpaired) electrons. The molecule has 0 unspecified atom stereocenters. The molecule has 0 amide bonds. The quantitative estimate of drug-likeness (QED) is 0.646. The van der Waals surface area contributed by atoms with Crippen molar-refractivity contribution in [3.8, 4) is 11.5 Å². The fourth-order valence-electron chi connectivity index (χ4n) is 2.36. The summed E-state index contributed by atoms with van der Waals surface area (Å²) in [4.78, 5) is 16.6. The van der Waals surface area contributed by atoms with Crippen molar-refractivity contribution >= 4 is 5.97 Å². The summed E-state index contributed by atoms with van der Waals surface area (Å²) >= 11 is 0.